The summed E-state index contributed by atoms with van der Waals surface area (Å²) in [5, 5.41) is 10.1. The number of hydrogen-bond acceptors (Lipinski definition) is 2. The summed E-state index contributed by atoms with van der Waals surface area (Å²) in [6.07, 6.45) is 0.855. The van der Waals surface area contributed by atoms with Crippen molar-refractivity contribution in [1.82, 2.24) is 3.97 Å². The van der Waals surface area contributed by atoms with Crippen LogP contribution < -0.4 is 0 Å². The van der Waals surface area contributed by atoms with Crippen LogP contribution in [0, 0.1) is 11.3 Å². The third-order valence-corrected chi connectivity index (χ3v) is 5.57. The first kappa shape index (κ1) is 14.9. The van der Waals surface area contributed by atoms with E-state index in [4.69, 9.17) is 5.26 Å². The fourth-order valence-corrected chi connectivity index (χ4v) is 4.55. The Kier molecular flexibility index (Phi) is 4.57. The number of hydrogen-bond donors (Lipinski definition) is 0. The van der Waals surface area contributed by atoms with Crippen molar-refractivity contribution in [3.05, 3.63) is 69.8 Å². The summed E-state index contributed by atoms with van der Waals surface area (Å²) < 4.78 is 3.34. The molecule has 0 fully saturated rings. The minimum absolute atomic E-state index is 0.700. The van der Waals surface area contributed by atoms with E-state index in [2.05, 4.69) is 71.4 Å². The average Bonchev–Trinajstić information content (AvgIpc) is 2.84. The van der Waals surface area contributed by atoms with Crippen molar-refractivity contribution < 1.29 is 0 Å². The van der Waals surface area contributed by atoms with Crippen molar-refractivity contribution in [3.63, 3.8) is 0 Å². The molecule has 0 unspecified atom stereocenters. The van der Waals surface area contributed by atoms with E-state index in [1.807, 2.05) is 24.3 Å². The highest BCUT2D eigenvalue weighted by Gasteiger charge is 2.10. The number of nitrogens with zero attached hydrogens (tertiary/aromatic N) is 2. The Bertz CT molecular complexity index is 834. The van der Waals surface area contributed by atoms with Gasteiger partial charge in [-0.1, -0.05) is 28.1 Å². The zero-order valence-electron chi connectivity index (χ0n) is 10.9. The van der Waals surface area contributed by atoms with Gasteiger partial charge in [0.2, 0.25) is 0 Å². The first-order valence-corrected chi connectivity index (χ1v) is 10.4. The number of aromatic nitrogens is 1. The fraction of sp³-hybridized carbons (Fsp3) is 0.0625. The van der Waals surface area contributed by atoms with Crippen molar-refractivity contribution in [2.75, 3.05) is 0 Å². The molecule has 1 aromatic heterocycles. The van der Waals surface area contributed by atoms with E-state index in [-0.39, 0.29) is 0 Å². The average molecular weight is 469 g/mol. The fourth-order valence-electron chi connectivity index (χ4n) is 2.33. The second kappa shape index (κ2) is 6.42. The zero-order chi connectivity index (χ0) is 14.8. The Morgan fingerprint density at radius 2 is 1.90 bits per heavy atom. The lowest BCUT2D eigenvalue weighted by Crippen LogP contribution is -1.94. The molecule has 0 bridgehead atoms. The van der Waals surface area contributed by atoms with Crippen molar-refractivity contribution in [2.24, 2.45) is 0 Å². The minimum Gasteiger partial charge on any atom is -0.279 e. The molecular formula is C16H10BrIN2S. The molecule has 0 amide bonds. The summed E-state index contributed by atoms with van der Waals surface area (Å²) in [4.78, 5) is 0. The van der Waals surface area contributed by atoms with Crippen LogP contribution in [0.1, 0.15) is 16.8 Å². The molecule has 0 saturated heterocycles. The number of fused-ring (bicyclic) bond motifs is 1. The van der Waals surface area contributed by atoms with Gasteiger partial charge in [-0.15, -0.1) is 0 Å². The highest BCUT2D eigenvalue weighted by molar-refractivity contribution is 14.2. The highest BCUT2D eigenvalue weighted by Crippen LogP contribution is 2.31. The molecule has 21 heavy (non-hydrogen) atoms. The predicted molar refractivity (Wildman–Crippen MR) is 101 cm³/mol. The van der Waals surface area contributed by atoms with Gasteiger partial charge in [-0.2, -0.15) is 5.26 Å². The molecule has 1 heterocycles. The number of halogens is 2. The van der Waals surface area contributed by atoms with Gasteiger partial charge in [0, 0.05) is 52.3 Å². The molecule has 0 atom stereocenters. The third kappa shape index (κ3) is 3.12. The maximum absolute atomic E-state index is 8.86. The topological polar surface area (TPSA) is 28.7 Å². The van der Waals surface area contributed by atoms with Crippen LogP contribution in [-0.2, 0) is 6.42 Å². The molecule has 2 nitrogen and oxygen atoms in total. The van der Waals surface area contributed by atoms with Crippen LogP contribution in [0.25, 0.3) is 10.9 Å². The first-order valence-electron chi connectivity index (χ1n) is 6.29. The summed E-state index contributed by atoms with van der Waals surface area (Å²) in [6, 6.07) is 18.5. The summed E-state index contributed by atoms with van der Waals surface area (Å²) in [5.41, 5.74) is 4.39. The highest BCUT2D eigenvalue weighted by atomic mass is 127. The van der Waals surface area contributed by atoms with Crippen LogP contribution >= 0.6 is 46.3 Å². The molecular weight excluding hydrogens is 459 g/mol. The quantitative estimate of drug-likeness (QED) is 0.460. The maximum Gasteiger partial charge on any atom is 0.0991 e. The van der Waals surface area contributed by atoms with E-state index in [1.165, 1.54) is 22.2 Å². The lowest BCUT2D eigenvalue weighted by molar-refractivity contribution is 1.08. The van der Waals surface area contributed by atoms with E-state index in [0.29, 0.717) is 5.56 Å². The van der Waals surface area contributed by atoms with Crippen molar-refractivity contribution in [3.8, 4) is 6.07 Å². The molecule has 0 aliphatic rings. The smallest absolute Gasteiger partial charge is 0.0991 e. The van der Waals surface area contributed by atoms with E-state index >= 15 is 0 Å². The Morgan fingerprint density at radius 1 is 1.14 bits per heavy atom. The zero-order valence-corrected chi connectivity index (χ0v) is 15.4. The van der Waals surface area contributed by atoms with Crippen LogP contribution in [0.5, 0.6) is 0 Å². The molecule has 3 rings (SSSR count). The van der Waals surface area contributed by atoms with Gasteiger partial charge in [-0.3, -0.25) is 3.97 Å². The van der Waals surface area contributed by atoms with Gasteiger partial charge < -0.3 is 0 Å². The lowest BCUT2D eigenvalue weighted by atomic mass is 10.1. The van der Waals surface area contributed by atoms with Gasteiger partial charge in [0.15, 0.2) is 0 Å². The Hall–Kier alpha value is -0.970. The Balaban J connectivity index is 2.01. The molecule has 0 aliphatic heterocycles. The summed E-state index contributed by atoms with van der Waals surface area (Å²) in [6.45, 7) is 0. The molecule has 0 aliphatic carbocycles. The molecule has 5 heteroatoms. The van der Waals surface area contributed by atoms with Crippen molar-refractivity contribution >= 4 is 57.2 Å². The van der Waals surface area contributed by atoms with Crippen LogP contribution in [0.3, 0.4) is 0 Å². The Labute approximate surface area is 148 Å². The molecule has 104 valence electrons. The molecule has 0 spiro atoms. The van der Waals surface area contributed by atoms with E-state index in [1.54, 1.807) is 9.12 Å². The largest absolute Gasteiger partial charge is 0.279 e. The van der Waals surface area contributed by atoms with Gasteiger partial charge in [0.1, 0.15) is 0 Å². The van der Waals surface area contributed by atoms with Crippen LogP contribution in [0.4, 0.5) is 0 Å². The van der Waals surface area contributed by atoms with Crippen LogP contribution in [0.15, 0.2) is 53.0 Å². The van der Waals surface area contributed by atoms with E-state index < -0.39 is 0 Å². The summed E-state index contributed by atoms with van der Waals surface area (Å²) in [7, 11) is 1.68. The number of benzene rings is 2. The molecule has 2 aromatic carbocycles. The number of rotatable bonds is 3. The predicted octanol–water partition coefficient (Wildman–Crippen LogP) is 5.71. The molecule has 0 radical (unpaired) electrons. The SMILES string of the molecule is N#Cc1ccc(Cc2cc3cc(Br)ccc3n2SI)cc1. The Morgan fingerprint density at radius 3 is 2.57 bits per heavy atom. The second-order valence-corrected chi connectivity index (χ2v) is 7.29. The summed E-state index contributed by atoms with van der Waals surface area (Å²) >= 11 is 5.83. The monoisotopic (exact) mass is 468 g/mol. The van der Waals surface area contributed by atoms with Gasteiger partial charge in [0.05, 0.1) is 17.1 Å². The minimum atomic E-state index is 0.700. The normalized spacial score (nSPS) is 10.7. The second-order valence-electron chi connectivity index (χ2n) is 4.69. The van der Waals surface area contributed by atoms with E-state index in [0.717, 1.165) is 10.9 Å². The van der Waals surface area contributed by atoms with Gasteiger partial charge in [0.25, 0.3) is 0 Å². The molecule has 3 aromatic rings. The molecule has 0 N–H and O–H groups in total. The van der Waals surface area contributed by atoms with Crippen LogP contribution in [-0.4, -0.2) is 3.97 Å². The van der Waals surface area contributed by atoms with Crippen LogP contribution in [0.2, 0.25) is 0 Å². The van der Waals surface area contributed by atoms with E-state index in [9.17, 15) is 0 Å². The first-order chi connectivity index (χ1) is 10.2. The third-order valence-electron chi connectivity index (χ3n) is 3.33. The van der Waals surface area contributed by atoms with Crippen molar-refractivity contribution in [1.29, 1.82) is 5.26 Å². The van der Waals surface area contributed by atoms with Gasteiger partial charge >= 0.3 is 0 Å². The van der Waals surface area contributed by atoms with Crippen molar-refractivity contribution in [2.45, 2.75) is 6.42 Å². The molecule has 0 saturated carbocycles. The van der Waals surface area contributed by atoms with Gasteiger partial charge in [-0.25, -0.2) is 0 Å². The number of nitriles is 1. The van der Waals surface area contributed by atoms with Gasteiger partial charge in [-0.05, 0) is 42.0 Å². The summed E-state index contributed by atoms with van der Waals surface area (Å²) in [5.74, 6) is 0. The lowest BCUT2D eigenvalue weighted by Gasteiger charge is -2.06. The standard InChI is InChI=1S/C16H10BrIN2S/c17-14-5-6-16-13(8-14)9-15(20(16)21-18)7-11-1-3-12(10-19)4-2-11/h1-6,8-9H,7H2. The maximum atomic E-state index is 8.86.